The predicted molar refractivity (Wildman–Crippen MR) is 113 cm³/mol. The average molecular weight is 457 g/mol. The first kappa shape index (κ1) is 27.2. The molecule has 0 bridgehead atoms. The summed E-state index contributed by atoms with van der Waals surface area (Å²) in [6, 6.07) is 7.66. The van der Waals surface area contributed by atoms with Crippen molar-refractivity contribution < 1.29 is 37.0 Å². The highest BCUT2D eigenvalue weighted by Crippen LogP contribution is 2.23. The second kappa shape index (κ2) is 12.3. The molecule has 0 aliphatic rings. The Morgan fingerprint density at radius 1 is 1.09 bits per heavy atom. The number of carbonyl (C=O) groups excluding carboxylic acids is 3. The number of esters is 2. The van der Waals surface area contributed by atoms with E-state index in [-0.39, 0.29) is 19.4 Å². The summed E-state index contributed by atoms with van der Waals surface area (Å²) in [6.45, 7) is 6.36. The molecule has 0 fully saturated rings. The van der Waals surface area contributed by atoms with Crippen molar-refractivity contribution >= 4 is 23.9 Å². The zero-order valence-corrected chi connectivity index (χ0v) is 18.7. The standard InChI is InChI=1S/C23H30F3NO5/c1-5-10-17(15-18(28)31-14-9-13-16-11-7-6-8-12-16)19(20(29)32-22(2,3)4)27-21(30)23(24,25)26/h6-9,11-13,17,19H,5,10,14-15H2,1-4H3,(H,27,30)/b13-9+/t17-,19-/m0/s1. The molecule has 1 rings (SSSR count). The van der Waals surface area contributed by atoms with Crippen LogP contribution in [0.1, 0.15) is 52.5 Å². The van der Waals surface area contributed by atoms with Crippen LogP contribution in [0, 0.1) is 5.92 Å². The lowest BCUT2D eigenvalue weighted by Crippen LogP contribution is -2.52. The van der Waals surface area contributed by atoms with Crippen LogP contribution in [-0.4, -0.2) is 42.3 Å². The van der Waals surface area contributed by atoms with Crippen molar-refractivity contribution in [2.75, 3.05) is 6.61 Å². The molecule has 0 saturated heterocycles. The quantitative estimate of drug-likeness (QED) is 0.526. The Morgan fingerprint density at radius 3 is 2.25 bits per heavy atom. The second-order valence-corrected chi connectivity index (χ2v) is 8.23. The minimum Gasteiger partial charge on any atom is -0.461 e. The topological polar surface area (TPSA) is 81.7 Å². The fraction of sp³-hybridized carbons (Fsp3) is 0.522. The van der Waals surface area contributed by atoms with Gasteiger partial charge in [0.1, 0.15) is 18.2 Å². The molecule has 9 heteroatoms. The molecule has 0 aliphatic carbocycles. The normalized spacial score (nSPS) is 14.0. The van der Waals surface area contributed by atoms with E-state index in [1.54, 1.807) is 45.2 Å². The van der Waals surface area contributed by atoms with Crippen LogP contribution in [0.3, 0.4) is 0 Å². The molecule has 2 atom stereocenters. The van der Waals surface area contributed by atoms with Gasteiger partial charge in [-0.15, -0.1) is 0 Å². The van der Waals surface area contributed by atoms with Gasteiger partial charge in [0.25, 0.3) is 0 Å². The van der Waals surface area contributed by atoms with Crippen LogP contribution < -0.4 is 5.32 Å². The third kappa shape index (κ3) is 10.5. The minimum absolute atomic E-state index is 0.0431. The summed E-state index contributed by atoms with van der Waals surface area (Å²) in [6.07, 6.45) is -1.48. The molecule has 0 unspecified atom stereocenters. The number of halogens is 3. The van der Waals surface area contributed by atoms with E-state index in [4.69, 9.17) is 9.47 Å². The van der Waals surface area contributed by atoms with E-state index >= 15 is 0 Å². The highest BCUT2D eigenvalue weighted by atomic mass is 19.4. The lowest BCUT2D eigenvalue weighted by Gasteiger charge is -2.29. The second-order valence-electron chi connectivity index (χ2n) is 8.23. The van der Waals surface area contributed by atoms with E-state index in [1.807, 2.05) is 30.3 Å². The van der Waals surface area contributed by atoms with Gasteiger partial charge in [0, 0.05) is 5.92 Å². The van der Waals surface area contributed by atoms with Crippen LogP contribution in [0.5, 0.6) is 0 Å². The highest BCUT2D eigenvalue weighted by Gasteiger charge is 2.43. The van der Waals surface area contributed by atoms with Crippen molar-refractivity contribution in [2.24, 2.45) is 5.92 Å². The molecule has 0 aliphatic heterocycles. The molecule has 0 radical (unpaired) electrons. The van der Waals surface area contributed by atoms with Crippen LogP contribution in [-0.2, 0) is 23.9 Å². The van der Waals surface area contributed by atoms with Crippen LogP contribution >= 0.6 is 0 Å². The number of rotatable bonds is 10. The van der Waals surface area contributed by atoms with Crippen molar-refractivity contribution in [2.45, 2.75) is 64.8 Å². The maximum atomic E-state index is 12.8. The Kier molecular flexibility index (Phi) is 10.4. The zero-order valence-electron chi connectivity index (χ0n) is 18.7. The summed E-state index contributed by atoms with van der Waals surface area (Å²) >= 11 is 0. The van der Waals surface area contributed by atoms with E-state index in [2.05, 4.69) is 0 Å². The lowest BCUT2D eigenvalue weighted by molar-refractivity contribution is -0.178. The Bertz CT molecular complexity index is 785. The molecule has 1 aromatic carbocycles. The first-order valence-electron chi connectivity index (χ1n) is 10.3. The monoisotopic (exact) mass is 457 g/mol. The molecule has 0 heterocycles. The van der Waals surface area contributed by atoms with Crippen molar-refractivity contribution in [3.63, 3.8) is 0 Å². The van der Waals surface area contributed by atoms with Gasteiger partial charge in [0.15, 0.2) is 0 Å². The Balaban J connectivity index is 2.88. The van der Waals surface area contributed by atoms with Crippen molar-refractivity contribution in [3.8, 4) is 0 Å². The van der Waals surface area contributed by atoms with Crippen molar-refractivity contribution in [1.29, 1.82) is 0 Å². The van der Waals surface area contributed by atoms with Crippen molar-refractivity contribution in [1.82, 2.24) is 5.32 Å². The Hall–Kier alpha value is -2.84. The fourth-order valence-corrected chi connectivity index (χ4v) is 2.88. The smallest absolute Gasteiger partial charge is 0.461 e. The van der Waals surface area contributed by atoms with E-state index in [9.17, 15) is 27.6 Å². The van der Waals surface area contributed by atoms with Crippen molar-refractivity contribution in [3.05, 3.63) is 42.0 Å². The summed E-state index contributed by atoms with van der Waals surface area (Å²) in [5, 5.41) is 1.70. The number of alkyl halides is 3. The van der Waals surface area contributed by atoms with Gasteiger partial charge in [-0.05, 0) is 38.8 Å². The van der Waals surface area contributed by atoms with E-state index in [1.165, 1.54) is 0 Å². The summed E-state index contributed by atoms with van der Waals surface area (Å²) in [5.41, 5.74) is -0.0788. The predicted octanol–water partition coefficient (Wildman–Crippen LogP) is 4.44. The number of hydrogen-bond donors (Lipinski definition) is 1. The van der Waals surface area contributed by atoms with Gasteiger partial charge in [-0.2, -0.15) is 13.2 Å². The number of ether oxygens (including phenoxy) is 2. The number of hydrogen-bond acceptors (Lipinski definition) is 5. The third-order valence-corrected chi connectivity index (χ3v) is 4.21. The number of carbonyl (C=O) groups is 3. The summed E-state index contributed by atoms with van der Waals surface area (Å²) in [7, 11) is 0. The maximum absolute atomic E-state index is 12.8. The minimum atomic E-state index is -5.18. The zero-order chi connectivity index (χ0) is 24.4. The molecular weight excluding hydrogens is 427 g/mol. The average Bonchev–Trinajstić information content (AvgIpc) is 2.67. The van der Waals surface area contributed by atoms with Gasteiger partial charge in [-0.1, -0.05) is 49.8 Å². The van der Waals surface area contributed by atoms with Gasteiger partial charge in [-0.3, -0.25) is 9.59 Å². The molecule has 0 aromatic heterocycles. The summed E-state index contributed by atoms with van der Waals surface area (Å²) < 4.78 is 48.7. The molecular formula is C23H30F3NO5. The van der Waals surface area contributed by atoms with E-state index < -0.39 is 41.6 Å². The van der Waals surface area contributed by atoms with Crippen LogP contribution in [0.25, 0.3) is 6.08 Å². The molecule has 1 N–H and O–H groups in total. The molecule has 0 spiro atoms. The van der Waals surface area contributed by atoms with Gasteiger partial charge in [0.2, 0.25) is 0 Å². The molecule has 1 amide bonds. The van der Waals surface area contributed by atoms with E-state index in [0.29, 0.717) is 6.42 Å². The number of benzene rings is 1. The largest absolute Gasteiger partial charge is 0.471 e. The fourth-order valence-electron chi connectivity index (χ4n) is 2.88. The van der Waals surface area contributed by atoms with Crippen LogP contribution in [0.4, 0.5) is 13.2 Å². The first-order valence-corrected chi connectivity index (χ1v) is 10.3. The maximum Gasteiger partial charge on any atom is 0.471 e. The van der Waals surface area contributed by atoms with Gasteiger partial charge < -0.3 is 14.8 Å². The van der Waals surface area contributed by atoms with Gasteiger partial charge in [-0.25, -0.2) is 4.79 Å². The Morgan fingerprint density at radius 2 is 1.72 bits per heavy atom. The third-order valence-electron chi connectivity index (χ3n) is 4.21. The first-order chi connectivity index (χ1) is 14.8. The lowest BCUT2D eigenvalue weighted by atomic mass is 9.91. The SMILES string of the molecule is CCC[C@@H](CC(=O)OC/C=C/c1ccccc1)[C@H](NC(=O)C(F)(F)F)C(=O)OC(C)(C)C. The van der Waals surface area contributed by atoms with Crippen LogP contribution in [0.2, 0.25) is 0 Å². The molecule has 0 saturated carbocycles. The summed E-state index contributed by atoms with van der Waals surface area (Å²) in [4.78, 5) is 36.4. The molecule has 6 nitrogen and oxygen atoms in total. The Labute approximate surface area is 186 Å². The van der Waals surface area contributed by atoms with Gasteiger partial charge in [0.05, 0.1) is 6.42 Å². The van der Waals surface area contributed by atoms with Gasteiger partial charge >= 0.3 is 24.0 Å². The molecule has 32 heavy (non-hydrogen) atoms. The van der Waals surface area contributed by atoms with Crippen LogP contribution in [0.15, 0.2) is 36.4 Å². The number of amides is 1. The highest BCUT2D eigenvalue weighted by molar-refractivity contribution is 5.88. The molecule has 178 valence electrons. The number of nitrogens with one attached hydrogen (secondary N) is 1. The van der Waals surface area contributed by atoms with E-state index in [0.717, 1.165) is 5.56 Å². The molecule has 1 aromatic rings. The summed E-state index contributed by atoms with van der Waals surface area (Å²) in [5.74, 6) is -4.93.